The standard InChI is InChI=1S/C16H13BrFNS/c17-12-5-10(6-13(18)8-12)15(19)7-11-9-20-16-4-2-1-3-14(11)16/h1-6,8-9,15H,7,19H2. The van der Waals surface area contributed by atoms with E-state index in [0.717, 1.165) is 10.0 Å². The number of rotatable bonds is 3. The average molecular weight is 350 g/mol. The highest BCUT2D eigenvalue weighted by atomic mass is 79.9. The van der Waals surface area contributed by atoms with Gasteiger partial charge in [-0.15, -0.1) is 11.3 Å². The second-order valence-corrected chi connectivity index (χ2v) is 6.60. The number of fused-ring (bicyclic) bond motifs is 1. The van der Waals surface area contributed by atoms with Crippen LogP contribution in [0, 0.1) is 5.82 Å². The first-order valence-electron chi connectivity index (χ1n) is 6.30. The fourth-order valence-corrected chi connectivity index (χ4v) is 3.79. The zero-order valence-electron chi connectivity index (χ0n) is 10.6. The zero-order chi connectivity index (χ0) is 14.1. The molecule has 1 unspecified atom stereocenters. The van der Waals surface area contributed by atoms with Gasteiger partial charge in [-0.25, -0.2) is 4.39 Å². The molecular weight excluding hydrogens is 337 g/mol. The normalized spacial score (nSPS) is 12.8. The lowest BCUT2D eigenvalue weighted by atomic mass is 9.99. The maximum absolute atomic E-state index is 13.4. The highest BCUT2D eigenvalue weighted by molar-refractivity contribution is 9.10. The van der Waals surface area contributed by atoms with Gasteiger partial charge in [0, 0.05) is 15.2 Å². The van der Waals surface area contributed by atoms with Crippen LogP contribution < -0.4 is 5.73 Å². The summed E-state index contributed by atoms with van der Waals surface area (Å²) < 4.78 is 15.4. The summed E-state index contributed by atoms with van der Waals surface area (Å²) in [5, 5.41) is 3.38. The van der Waals surface area contributed by atoms with E-state index < -0.39 is 0 Å². The number of nitrogens with two attached hydrogens (primary N) is 1. The lowest BCUT2D eigenvalue weighted by Crippen LogP contribution is -2.13. The monoisotopic (exact) mass is 349 g/mol. The summed E-state index contributed by atoms with van der Waals surface area (Å²) in [5.74, 6) is -0.264. The fourth-order valence-electron chi connectivity index (χ4n) is 2.33. The van der Waals surface area contributed by atoms with Gasteiger partial charge >= 0.3 is 0 Å². The van der Waals surface area contributed by atoms with Gasteiger partial charge in [-0.05, 0) is 52.6 Å². The van der Waals surface area contributed by atoms with Gasteiger partial charge in [0.05, 0.1) is 0 Å². The minimum absolute atomic E-state index is 0.208. The van der Waals surface area contributed by atoms with E-state index in [-0.39, 0.29) is 11.9 Å². The SMILES string of the molecule is NC(Cc1csc2ccccc12)c1cc(F)cc(Br)c1. The molecule has 0 aliphatic carbocycles. The van der Waals surface area contributed by atoms with Crippen molar-refractivity contribution in [3.8, 4) is 0 Å². The summed E-state index contributed by atoms with van der Waals surface area (Å²) in [6.07, 6.45) is 0.708. The number of benzene rings is 2. The predicted molar refractivity (Wildman–Crippen MR) is 86.6 cm³/mol. The Morgan fingerprint density at radius 2 is 2.00 bits per heavy atom. The zero-order valence-corrected chi connectivity index (χ0v) is 13.0. The molecule has 3 aromatic rings. The van der Waals surface area contributed by atoms with Gasteiger partial charge in [-0.1, -0.05) is 34.1 Å². The third-order valence-corrected chi connectivity index (χ3v) is 4.78. The molecule has 0 bridgehead atoms. The number of hydrogen-bond acceptors (Lipinski definition) is 2. The minimum Gasteiger partial charge on any atom is -0.324 e. The molecule has 0 saturated heterocycles. The predicted octanol–water partition coefficient (Wildman–Crippen LogP) is 5.05. The van der Waals surface area contributed by atoms with Crippen molar-refractivity contribution < 1.29 is 4.39 Å². The van der Waals surface area contributed by atoms with Crippen LogP contribution in [0.25, 0.3) is 10.1 Å². The van der Waals surface area contributed by atoms with Crippen LogP contribution in [-0.4, -0.2) is 0 Å². The van der Waals surface area contributed by atoms with Crippen LogP contribution in [0.3, 0.4) is 0 Å². The van der Waals surface area contributed by atoms with E-state index in [2.05, 4.69) is 33.4 Å². The van der Waals surface area contributed by atoms with Crippen LogP contribution in [0.1, 0.15) is 17.2 Å². The molecule has 0 aliphatic heterocycles. The topological polar surface area (TPSA) is 26.0 Å². The molecule has 20 heavy (non-hydrogen) atoms. The summed E-state index contributed by atoms with van der Waals surface area (Å²) >= 11 is 5.02. The van der Waals surface area contributed by atoms with E-state index in [9.17, 15) is 4.39 Å². The molecule has 0 fully saturated rings. The van der Waals surface area contributed by atoms with Crippen molar-refractivity contribution in [2.45, 2.75) is 12.5 Å². The van der Waals surface area contributed by atoms with Crippen molar-refractivity contribution in [2.24, 2.45) is 5.73 Å². The largest absolute Gasteiger partial charge is 0.324 e. The van der Waals surface area contributed by atoms with E-state index in [1.807, 2.05) is 18.2 Å². The van der Waals surface area contributed by atoms with Crippen molar-refractivity contribution >= 4 is 37.4 Å². The van der Waals surface area contributed by atoms with Crippen LogP contribution in [0.4, 0.5) is 4.39 Å². The van der Waals surface area contributed by atoms with Crippen molar-refractivity contribution in [3.63, 3.8) is 0 Å². The minimum atomic E-state index is -0.264. The molecule has 0 amide bonds. The van der Waals surface area contributed by atoms with Crippen LogP contribution >= 0.6 is 27.3 Å². The highest BCUT2D eigenvalue weighted by Crippen LogP contribution is 2.29. The molecule has 2 aromatic carbocycles. The van der Waals surface area contributed by atoms with Gasteiger partial charge in [-0.3, -0.25) is 0 Å². The van der Waals surface area contributed by atoms with Crippen LogP contribution in [-0.2, 0) is 6.42 Å². The number of halogens is 2. The summed E-state index contributed by atoms with van der Waals surface area (Å²) in [6, 6.07) is 12.9. The Bertz CT molecular complexity index is 733. The van der Waals surface area contributed by atoms with Crippen molar-refractivity contribution in [1.29, 1.82) is 0 Å². The third kappa shape index (κ3) is 2.77. The molecule has 4 heteroatoms. The molecule has 1 atom stereocenters. The first kappa shape index (κ1) is 13.7. The van der Waals surface area contributed by atoms with Crippen LogP contribution in [0.15, 0.2) is 52.3 Å². The maximum atomic E-state index is 13.4. The summed E-state index contributed by atoms with van der Waals surface area (Å²) in [5.41, 5.74) is 8.27. The first-order valence-corrected chi connectivity index (χ1v) is 7.97. The molecule has 1 nitrogen and oxygen atoms in total. The van der Waals surface area contributed by atoms with Crippen molar-refractivity contribution in [3.05, 3.63) is 69.3 Å². The molecule has 0 saturated carbocycles. The van der Waals surface area contributed by atoms with Gasteiger partial charge in [0.15, 0.2) is 0 Å². The van der Waals surface area contributed by atoms with Crippen LogP contribution in [0.5, 0.6) is 0 Å². The van der Waals surface area contributed by atoms with Crippen LogP contribution in [0.2, 0.25) is 0 Å². The smallest absolute Gasteiger partial charge is 0.124 e. The highest BCUT2D eigenvalue weighted by Gasteiger charge is 2.12. The molecule has 102 valence electrons. The molecule has 0 radical (unpaired) electrons. The molecule has 2 N–H and O–H groups in total. The van der Waals surface area contributed by atoms with Gasteiger partial charge in [0.2, 0.25) is 0 Å². The molecular formula is C16H13BrFNS. The Kier molecular flexibility index (Phi) is 3.87. The second kappa shape index (κ2) is 5.64. The fraction of sp³-hybridized carbons (Fsp3) is 0.125. The van der Waals surface area contributed by atoms with Crippen molar-refractivity contribution in [1.82, 2.24) is 0 Å². The maximum Gasteiger partial charge on any atom is 0.124 e. The van der Waals surface area contributed by atoms with Gasteiger partial charge in [0.1, 0.15) is 5.82 Å². The van der Waals surface area contributed by atoms with E-state index in [0.29, 0.717) is 6.42 Å². The molecule has 1 aromatic heterocycles. The Labute approximate surface area is 129 Å². The van der Waals surface area contributed by atoms with E-state index >= 15 is 0 Å². The Balaban J connectivity index is 1.90. The molecule has 1 heterocycles. The Morgan fingerprint density at radius 3 is 2.80 bits per heavy atom. The number of thiophene rings is 1. The lowest BCUT2D eigenvalue weighted by Gasteiger charge is -2.12. The van der Waals surface area contributed by atoms with Gasteiger partial charge < -0.3 is 5.73 Å². The number of hydrogen-bond donors (Lipinski definition) is 1. The summed E-state index contributed by atoms with van der Waals surface area (Å²) in [4.78, 5) is 0. The molecule has 0 spiro atoms. The Morgan fingerprint density at radius 1 is 1.20 bits per heavy atom. The third-order valence-electron chi connectivity index (χ3n) is 3.31. The quantitative estimate of drug-likeness (QED) is 0.703. The van der Waals surface area contributed by atoms with Gasteiger partial charge in [-0.2, -0.15) is 0 Å². The van der Waals surface area contributed by atoms with E-state index in [1.54, 1.807) is 11.3 Å². The molecule has 3 rings (SSSR count). The summed E-state index contributed by atoms with van der Waals surface area (Å²) in [7, 11) is 0. The van der Waals surface area contributed by atoms with E-state index in [1.165, 1.54) is 27.8 Å². The first-order chi connectivity index (χ1) is 9.63. The summed E-state index contributed by atoms with van der Waals surface area (Å²) in [6.45, 7) is 0. The average Bonchev–Trinajstić information content (AvgIpc) is 2.81. The van der Waals surface area contributed by atoms with Gasteiger partial charge in [0.25, 0.3) is 0 Å². The van der Waals surface area contributed by atoms with E-state index in [4.69, 9.17) is 5.73 Å². The lowest BCUT2D eigenvalue weighted by molar-refractivity contribution is 0.618. The van der Waals surface area contributed by atoms with Crippen molar-refractivity contribution in [2.75, 3.05) is 0 Å². The Hall–Kier alpha value is -1.23. The molecule has 0 aliphatic rings. The second-order valence-electron chi connectivity index (χ2n) is 4.77.